The maximum absolute atomic E-state index is 9.43. The van der Waals surface area contributed by atoms with Crippen molar-refractivity contribution < 1.29 is 199 Å². The van der Waals surface area contributed by atoms with E-state index in [-0.39, 0.29) is 135 Å². The first-order chi connectivity index (χ1) is 35.0. The minimum absolute atomic E-state index is 0. The third kappa shape index (κ3) is 215. The molecule has 0 aliphatic rings. The van der Waals surface area contributed by atoms with E-state index < -0.39 is 20.8 Å². The van der Waals surface area contributed by atoms with Gasteiger partial charge in [-0.15, -0.1) is 37.2 Å². The first kappa shape index (κ1) is 142. The molecule has 0 aromatic carbocycles. The topological polar surface area (TPSA) is 633 Å². The van der Waals surface area contributed by atoms with Crippen LogP contribution in [0.4, 0.5) is 0 Å². The van der Waals surface area contributed by atoms with Gasteiger partial charge < -0.3 is 142 Å². The number of carbonyl (C=O) groups excluding carboxylic acids is 6. The van der Waals surface area contributed by atoms with E-state index in [0.717, 1.165) is 38.5 Å². The summed E-state index contributed by atoms with van der Waals surface area (Å²) in [5, 5.41) is 44.8. The van der Waals surface area contributed by atoms with Crippen molar-refractivity contribution in [3.05, 3.63) is 104 Å². The van der Waals surface area contributed by atoms with Crippen molar-refractivity contribution in [1.82, 2.24) is 90.6 Å². The molecule has 88 heavy (non-hydrogen) atoms. The molecule has 0 aliphatic carbocycles. The number of halogens is 6. The van der Waals surface area contributed by atoms with Gasteiger partial charge in [0.05, 0.1) is 0 Å². The third-order valence-electron chi connectivity index (χ3n) is 3.84. The third-order valence-corrected chi connectivity index (χ3v) is 5.01. The zero-order chi connectivity index (χ0) is 61.1. The van der Waals surface area contributed by atoms with E-state index >= 15 is 0 Å². The van der Waals surface area contributed by atoms with Crippen LogP contribution in [0.3, 0.4) is 0 Å². The van der Waals surface area contributed by atoms with Crippen LogP contribution in [0.2, 0.25) is 30.1 Å². The van der Waals surface area contributed by atoms with Crippen molar-refractivity contribution in [3.8, 4) is 0 Å². The Morgan fingerprint density at radius 1 is 0.318 bits per heavy atom. The number of hydrogen-bond acceptors (Lipinski definition) is 22. The second kappa shape index (κ2) is 102. The maximum Gasteiger partial charge on any atom is 2.00 e. The summed E-state index contributed by atoms with van der Waals surface area (Å²) in [6.07, 6.45) is 22.4. The molecular weight excluding hydrogens is 1660 g/mol. The molecule has 12 N–H and O–H groups in total. The standard InChI is InChI=1S/6C3H2ClN2.6C3H7NO.6Cu.2H2O4S.6H2O/c6*4-3-1-5-6-2-3;6*1-4(2)3-5;;;;;;;2*1-5(2,3)4;;;;;;/h6*1-2H;6*3H,1-2H3;;;;;;;2*(H2,1,2,3,4);6*1H2/q6*-1;;;;;;;6*+2;;;;;;;;/p-4. The molecule has 6 heterocycles. The van der Waals surface area contributed by atoms with E-state index in [1.807, 2.05) is 0 Å². The Labute approximate surface area is 602 Å². The molecule has 6 radical (unpaired) electrons. The van der Waals surface area contributed by atoms with E-state index in [4.69, 9.17) is 105 Å². The molecule has 6 aromatic rings. The van der Waals surface area contributed by atoms with Crippen molar-refractivity contribution in [3.63, 3.8) is 0 Å². The summed E-state index contributed by atoms with van der Waals surface area (Å²) < 4.78 is 68.2. The fourth-order valence-electron chi connectivity index (χ4n) is 1.26. The molecule has 0 fully saturated rings. The molecule has 6 aromatic heterocycles. The van der Waals surface area contributed by atoms with Gasteiger partial charge in [0, 0.05) is 173 Å². The quantitative estimate of drug-likeness (QED) is 0.0502. The largest absolute Gasteiger partial charge is 2.00 e. The first-order valence-electron chi connectivity index (χ1n) is 18.6. The van der Waals surface area contributed by atoms with Crippen LogP contribution in [0, 0.1) is 0 Å². The summed E-state index contributed by atoms with van der Waals surface area (Å²) in [7, 11) is 9.92. The van der Waals surface area contributed by atoms with Crippen LogP contribution >= 0.6 is 69.6 Å². The van der Waals surface area contributed by atoms with Gasteiger partial charge in [0.15, 0.2) is 0 Å². The molecule has 6 amide bonds. The van der Waals surface area contributed by atoms with Gasteiger partial charge in [0.1, 0.15) is 0 Å². The summed E-state index contributed by atoms with van der Waals surface area (Å²) in [5.74, 6) is 0. The van der Waals surface area contributed by atoms with Crippen molar-refractivity contribution in [2.24, 2.45) is 0 Å². The summed E-state index contributed by atoms with van der Waals surface area (Å²) >= 11 is 32.0. The van der Waals surface area contributed by atoms with Gasteiger partial charge in [-0.2, -0.15) is 0 Å². The van der Waals surface area contributed by atoms with Crippen molar-refractivity contribution in [1.29, 1.82) is 0 Å². The molecule has 538 valence electrons. The van der Waals surface area contributed by atoms with Crippen LogP contribution in [0.1, 0.15) is 0 Å². The number of hydrogen-bond donors (Lipinski definition) is 0. The number of rotatable bonds is 6. The molecule has 6 rings (SSSR count). The molecule has 0 saturated heterocycles. The Morgan fingerprint density at radius 2 is 0.386 bits per heavy atom. The second-order valence-electron chi connectivity index (χ2n) is 12.5. The van der Waals surface area contributed by atoms with Crippen LogP contribution in [-0.2, 0) is 163 Å². The molecule has 0 spiro atoms. The first-order valence-corrected chi connectivity index (χ1v) is 23.5. The van der Waals surface area contributed by atoms with E-state index in [1.54, 1.807) is 84.6 Å². The van der Waals surface area contributed by atoms with Crippen LogP contribution in [0.25, 0.3) is 0 Å². The van der Waals surface area contributed by atoms with Gasteiger partial charge in [-0.25, -0.2) is 0 Å². The Morgan fingerprint density at radius 3 is 0.398 bits per heavy atom. The molecule has 0 saturated carbocycles. The second-order valence-corrected chi connectivity index (χ2v) is 16.7. The zero-order valence-electron chi connectivity index (χ0n) is 47.1. The van der Waals surface area contributed by atoms with E-state index in [0.29, 0.717) is 30.1 Å². The van der Waals surface area contributed by atoms with E-state index in [9.17, 15) is 28.8 Å². The van der Waals surface area contributed by atoms with Gasteiger partial charge in [0.25, 0.3) is 0 Å². The van der Waals surface area contributed by atoms with Gasteiger partial charge in [-0.3, -0.25) is 45.6 Å². The monoisotopic (exact) mass is 1720 g/mol. The van der Waals surface area contributed by atoms with Crippen LogP contribution in [-0.4, -0.2) is 240 Å². The fourth-order valence-corrected chi connectivity index (χ4v) is 1.79. The Hall–Kier alpha value is -3.56. The molecule has 0 bridgehead atoms. The number of nitrogens with zero attached hydrogens (tertiary/aromatic N) is 18. The zero-order valence-corrected chi connectivity index (χ0v) is 58.9. The van der Waals surface area contributed by atoms with Crippen LogP contribution in [0.15, 0.2) is 74.4 Å². The number of carbonyl (C=O) groups is 6. The Balaban J connectivity index is -0.0000000312. The smallest absolute Gasteiger partial charge is 0.870 e. The van der Waals surface area contributed by atoms with Crippen LogP contribution < -0.4 is 30.6 Å². The summed E-state index contributed by atoms with van der Waals surface area (Å²) in [5.41, 5.74) is 0. The van der Waals surface area contributed by atoms with Crippen molar-refractivity contribution in [2.45, 2.75) is 0 Å². The molecule has 0 unspecified atom stereocenters. The van der Waals surface area contributed by atoms with Gasteiger partial charge in [-0.05, 0) is 0 Å². The molecule has 0 atom stereocenters. The average molecular weight is 1730 g/mol. The summed E-state index contributed by atoms with van der Waals surface area (Å²) in [4.78, 5) is 65.2. The fraction of sp³-hybridized carbons (Fsp3) is 0.333. The van der Waals surface area contributed by atoms with E-state index in [2.05, 4.69) is 61.2 Å². The van der Waals surface area contributed by atoms with Crippen molar-refractivity contribution in [2.75, 3.05) is 84.6 Å². The van der Waals surface area contributed by atoms with Gasteiger partial charge in [-0.1, -0.05) is 69.6 Å². The minimum Gasteiger partial charge on any atom is -0.870 e. The number of aromatic nitrogens is 12. The summed E-state index contributed by atoms with van der Waals surface area (Å²) in [6.45, 7) is 0. The summed E-state index contributed by atoms with van der Waals surface area (Å²) in [6, 6.07) is 0. The normalized spacial score (nSPS) is 7.25. The molecular formula is C36H66Cl6Cu6N18O20S2+2. The Kier molecular flexibility index (Phi) is 165. The molecule has 52 heteroatoms. The average Bonchev–Trinajstić information content (AvgIpc) is 4.20. The SMILES string of the molecule is CN(C)C=O.CN(C)C=O.CN(C)C=O.CN(C)C=O.CN(C)C=O.CN(C)C=O.Clc1cn[n-]c1.Clc1cn[n-]c1.Clc1cn[n-]c1.Clc1cn[n-]c1.Clc1cn[n-]c1.Clc1cn[n-]c1.O.O.O=S(=O)([O-])[O-].O=S(=O)([O-])[O-].[Cu+2].[Cu+2].[Cu+2].[Cu+2].[Cu+2].[Cu+2].[OH-].[OH-].[OH3+].[OH3+]. The van der Waals surface area contributed by atoms with Crippen LogP contribution in [0.5, 0.6) is 0 Å². The van der Waals surface area contributed by atoms with Gasteiger partial charge in [0.2, 0.25) is 38.5 Å². The maximum atomic E-state index is 9.43. The van der Waals surface area contributed by atoms with E-state index in [1.165, 1.54) is 104 Å². The Bertz CT molecular complexity index is 1960. The molecule has 0 aliphatic heterocycles. The van der Waals surface area contributed by atoms with Gasteiger partial charge >= 0.3 is 102 Å². The predicted molar refractivity (Wildman–Crippen MR) is 296 cm³/mol. The molecule has 38 nitrogen and oxygen atoms in total. The minimum atomic E-state index is -5.17. The van der Waals surface area contributed by atoms with Crippen molar-refractivity contribution >= 4 is 129 Å². The predicted octanol–water partition coefficient (Wildman–Crippen LogP) is -4.16. The number of amides is 6.